The molecule has 0 radical (unpaired) electrons. The molecule has 2 aromatic rings. The van der Waals surface area contributed by atoms with Crippen molar-refractivity contribution in [2.75, 3.05) is 26.7 Å². The maximum absolute atomic E-state index is 12.4. The van der Waals surface area contributed by atoms with Gasteiger partial charge in [0.2, 0.25) is 0 Å². The van der Waals surface area contributed by atoms with Crippen molar-refractivity contribution in [3.8, 4) is 5.75 Å². The first-order valence-electron chi connectivity index (χ1n) is 8.84. The first-order valence-corrected chi connectivity index (χ1v) is 8.84. The molecule has 1 fully saturated rings. The number of hydrogen-bond acceptors (Lipinski definition) is 4. The topological polar surface area (TPSA) is 54.5 Å². The summed E-state index contributed by atoms with van der Waals surface area (Å²) in [6, 6.07) is 11.9. The second kappa shape index (κ2) is 8.62. The number of nitrogens with one attached hydrogen (secondary N) is 1. The van der Waals surface area contributed by atoms with E-state index in [0.717, 1.165) is 18.8 Å². The van der Waals surface area contributed by atoms with Crippen LogP contribution >= 0.6 is 0 Å². The van der Waals surface area contributed by atoms with E-state index in [1.165, 1.54) is 24.8 Å². The van der Waals surface area contributed by atoms with Crippen molar-refractivity contribution >= 4 is 5.91 Å². The highest BCUT2D eigenvalue weighted by Crippen LogP contribution is 2.26. The molecule has 1 amide bonds. The molecule has 1 unspecified atom stereocenters. The highest BCUT2D eigenvalue weighted by atomic mass is 16.5. The van der Waals surface area contributed by atoms with Gasteiger partial charge in [-0.1, -0.05) is 18.6 Å². The van der Waals surface area contributed by atoms with Gasteiger partial charge in [0.15, 0.2) is 0 Å². The van der Waals surface area contributed by atoms with Crippen molar-refractivity contribution in [2.24, 2.45) is 0 Å². The van der Waals surface area contributed by atoms with E-state index in [1.54, 1.807) is 31.6 Å². The van der Waals surface area contributed by atoms with Crippen LogP contribution in [0, 0.1) is 0 Å². The zero-order chi connectivity index (χ0) is 17.5. The Labute approximate surface area is 149 Å². The summed E-state index contributed by atoms with van der Waals surface area (Å²) in [7, 11) is 1.67. The minimum absolute atomic E-state index is 0.0800. The van der Waals surface area contributed by atoms with Gasteiger partial charge in [-0.25, -0.2) is 0 Å². The summed E-state index contributed by atoms with van der Waals surface area (Å²) in [5.74, 6) is 0.768. The Bertz CT molecular complexity index is 667. The van der Waals surface area contributed by atoms with E-state index < -0.39 is 0 Å². The van der Waals surface area contributed by atoms with Crippen LogP contribution in [-0.2, 0) is 0 Å². The van der Waals surface area contributed by atoms with Gasteiger partial charge in [-0.15, -0.1) is 0 Å². The van der Waals surface area contributed by atoms with Crippen LogP contribution in [0.5, 0.6) is 5.75 Å². The Morgan fingerprint density at radius 2 is 1.96 bits per heavy atom. The number of amides is 1. The Morgan fingerprint density at radius 3 is 2.60 bits per heavy atom. The van der Waals surface area contributed by atoms with Crippen LogP contribution in [0.1, 0.15) is 41.2 Å². The maximum atomic E-state index is 12.4. The molecule has 1 atom stereocenters. The largest absolute Gasteiger partial charge is 0.497 e. The predicted molar refractivity (Wildman–Crippen MR) is 97.7 cm³/mol. The molecule has 132 valence electrons. The molecule has 0 aliphatic carbocycles. The molecule has 3 rings (SSSR count). The lowest BCUT2D eigenvalue weighted by Gasteiger charge is -2.35. The Balaban J connectivity index is 1.72. The Kier molecular flexibility index (Phi) is 6.01. The van der Waals surface area contributed by atoms with Crippen molar-refractivity contribution in [1.29, 1.82) is 0 Å². The standard InChI is InChI=1S/C20H25N3O2/c1-25-18-9-7-16(8-10-18)19(23-12-3-2-4-13-23)15-22-20(24)17-6-5-11-21-14-17/h5-11,14,19H,2-4,12-13,15H2,1H3,(H,22,24). The van der Waals surface area contributed by atoms with E-state index in [2.05, 4.69) is 27.3 Å². The lowest BCUT2D eigenvalue weighted by Crippen LogP contribution is -2.40. The number of likely N-dealkylation sites (tertiary alicyclic amines) is 1. The molecule has 5 nitrogen and oxygen atoms in total. The second-order valence-electron chi connectivity index (χ2n) is 6.34. The van der Waals surface area contributed by atoms with Gasteiger partial charge in [-0.05, 0) is 55.8 Å². The third-order valence-corrected chi connectivity index (χ3v) is 4.71. The lowest BCUT2D eigenvalue weighted by atomic mass is 10.0. The summed E-state index contributed by atoms with van der Waals surface area (Å²) in [4.78, 5) is 18.9. The van der Waals surface area contributed by atoms with Crippen LogP contribution in [0.2, 0.25) is 0 Å². The quantitative estimate of drug-likeness (QED) is 0.879. The maximum Gasteiger partial charge on any atom is 0.252 e. The SMILES string of the molecule is COc1ccc(C(CNC(=O)c2cccnc2)N2CCCCC2)cc1. The molecule has 1 aromatic carbocycles. The summed E-state index contributed by atoms with van der Waals surface area (Å²) in [5.41, 5.74) is 1.80. The van der Waals surface area contributed by atoms with Crippen molar-refractivity contribution in [3.05, 3.63) is 59.9 Å². The van der Waals surface area contributed by atoms with Gasteiger partial charge in [0.25, 0.3) is 5.91 Å². The van der Waals surface area contributed by atoms with E-state index in [9.17, 15) is 4.79 Å². The molecule has 1 aliphatic rings. The Hall–Kier alpha value is -2.40. The second-order valence-corrected chi connectivity index (χ2v) is 6.34. The lowest BCUT2D eigenvalue weighted by molar-refractivity contribution is 0.0924. The molecular formula is C20H25N3O2. The van der Waals surface area contributed by atoms with Gasteiger partial charge < -0.3 is 10.1 Å². The molecule has 25 heavy (non-hydrogen) atoms. The van der Waals surface area contributed by atoms with E-state index >= 15 is 0 Å². The molecule has 1 N–H and O–H groups in total. The van der Waals surface area contributed by atoms with Crippen LogP contribution in [-0.4, -0.2) is 42.5 Å². The molecule has 0 saturated carbocycles. The molecule has 2 heterocycles. The molecule has 1 aromatic heterocycles. The molecular weight excluding hydrogens is 314 g/mol. The molecule has 5 heteroatoms. The molecule has 0 bridgehead atoms. The first-order chi connectivity index (χ1) is 12.3. The average molecular weight is 339 g/mol. The van der Waals surface area contributed by atoms with E-state index in [-0.39, 0.29) is 11.9 Å². The number of carbonyl (C=O) groups excluding carboxylic acids is 1. The number of rotatable bonds is 6. The van der Waals surface area contributed by atoms with E-state index in [4.69, 9.17) is 4.74 Å². The third-order valence-electron chi connectivity index (χ3n) is 4.71. The fraction of sp³-hybridized carbons (Fsp3) is 0.400. The van der Waals surface area contributed by atoms with Crippen molar-refractivity contribution in [1.82, 2.24) is 15.2 Å². The smallest absolute Gasteiger partial charge is 0.252 e. The minimum atomic E-state index is -0.0800. The fourth-order valence-corrected chi connectivity index (χ4v) is 3.30. The van der Waals surface area contributed by atoms with E-state index in [1.807, 2.05) is 12.1 Å². The van der Waals surface area contributed by atoms with Gasteiger partial charge in [-0.2, -0.15) is 0 Å². The van der Waals surface area contributed by atoms with Crippen LogP contribution in [0.25, 0.3) is 0 Å². The van der Waals surface area contributed by atoms with Gasteiger partial charge in [0.1, 0.15) is 5.75 Å². The zero-order valence-corrected chi connectivity index (χ0v) is 14.6. The zero-order valence-electron chi connectivity index (χ0n) is 14.6. The summed E-state index contributed by atoms with van der Waals surface area (Å²) in [5, 5.41) is 3.07. The van der Waals surface area contributed by atoms with Crippen LogP contribution < -0.4 is 10.1 Å². The monoisotopic (exact) mass is 339 g/mol. The van der Waals surface area contributed by atoms with Crippen molar-refractivity contribution < 1.29 is 9.53 Å². The number of benzene rings is 1. The number of pyridine rings is 1. The number of ether oxygens (including phenoxy) is 1. The number of carbonyl (C=O) groups is 1. The highest BCUT2D eigenvalue weighted by Gasteiger charge is 2.23. The van der Waals surface area contributed by atoms with Gasteiger partial charge in [0.05, 0.1) is 18.7 Å². The van der Waals surface area contributed by atoms with Gasteiger partial charge >= 0.3 is 0 Å². The van der Waals surface area contributed by atoms with Crippen molar-refractivity contribution in [3.63, 3.8) is 0 Å². The average Bonchev–Trinajstić information content (AvgIpc) is 2.70. The fourth-order valence-electron chi connectivity index (χ4n) is 3.30. The molecule has 0 spiro atoms. The predicted octanol–water partition coefficient (Wildman–Crippen LogP) is 3.05. The van der Waals surface area contributed by atoms with Crippen molar-refractivity contribution in [2.45, 2.75) is 25.3 Å². The Morgan fingerprint density at radius 1 is 1.20 bits per heavy atom. The normalized spacial score (nSPS) is 16.2. The number of nitrogens with zero attached hydrogens (tertiary/aromatic N) is 2. The van der Waals surface area contributed by atoms with Gasteiger partial charge in [0, 0.05) is 18.9 Å². The summed E-state index contributed by atoms with van der Waals surface area (Å²) in [6.45, 7) is 2.72. The molecule has 1 aliphatic heterocycles. The number of hydrogen-bond donors (Lipinski definition) is 1. The molecule has 1 saturated heterocycles. The highest BCUT2D eigenvalue weighted by molar-refractivity contribution is 5.93. The van der Waals surface area contributed by atoms with E-state index in [0.29, 0.717) is 12.1 Å². The number of methoxy groups -OCH3 is 1. The van der Waals surface area contributed by atoms with Crippen LogP contribution in [0.4, 0.5) is 0 Å². The van der Waals surface area contributed by atoms with Crippen LogP contribution in [0.15, 0.2) is 48.8 Å². The van der Waals surface area contributed by atoms with Gasteiger partial charge in [-0.3, -0.25) is 14.7 Å². The summed E-state index contributed by atoms with van der Waals surface area (Å²) >= 11 is 0. The summed E-state index contributed by atoms with van der Waals surface area (Å²) < 4.78 is 5.26. The van der Waals surface area contributed by atoms with Crippen LogP contribution in [0.3, 0.4) is 0 Å². The summed E-state index contributed by atoms with van der Waals surface area (Å²) in [6.07, 6.45) is 6.98. The third kappa shape index (κ3) is 4.57. The number of aromatic nitrogens is 1. The minimum Gasteiger partial charge on any atom is -0.497 e. The number of piperidine rings is 1. The first kappa shape index (κ1) is 17.4.